The summed E-state index contributed by atoms with van der Waals surface area (Å²) in [5.74, 6) is -4.03. The lowest BCUT2D eigenvalue weighted by atomic mass is 9.87. The number of halogens is 2. The first kappa shape index (κ1) is 31.4. The van der Waals surface area contributed by atoms with Crippen molar-refractivity contribution in [3.8, 4) is 0 Å². The maximum atomic E-state index is 14.3. The predicted octanol–water partition coefficient (Wildman–Crippen LogP) is 3.75. The van der Waals surface area contributed by atoms with Crippen LogP contribution in [0.5, 0.6) is 0 Å². The number of carbonyl (C=O) groups is 4. The van der Waals surface area contributed by atoms with E-state index in [9.17, 15) is 28.0 Å². The molecule has 4 fully saturated rings. The summed E-state index contributed by atoms with van der Waals surface area (Å²) >= 11 is 0. The number of rotatable bonds is 6. The fourth-order valence-corrected chi connectivity index (χ4v) is 8.24. The van der Waals surface area contributed by atoms with Crippen LogP contribution in [0.3, 0.4) is 0 Å². The SMILES string of the molecule is C[C@@]12Cc3[nH]nc(C(=O)Nc4cnn(C5CCN(C(=O)C6CCN(c7ccc(N8CCC(=O)NC8=O)cc7)CC6)CC5)c4)c3C[C@@H]1C2(F)F. The van der Waals surface area contributed by atoms with Crippen LogP contribution >= 0.6 is 0 Å². The smallest absolute Gasteiger partial charge is 0.328 e. The minimum atomic E-state index is -2.73. The average Bonchev–Trinajstić information content (AvgIpc) is 3.53. The van der Waals surface area contributed by atoms with Gasteiger partial charge in [0.05, 0.1) is 17.9 Å². The molecule has 0 bridgehead atoms. The summed E-state index contributed by atoms with van der Waals surface area (Å²) in [6.45, 7) is 4.74. The molecule has 15 heteroatoms. The van der Waals surface area contributed by atoms with Crippen molar-refractivity contribution in [2.24, 2.45) is 17.3 Å². The van der Waals surface area contributed by atoms with Crippen LogP contribution in [0.15, 0.2) is 36.7 Å². The molecule has 3 saturated heterocycles. The molecule has 258 valence electrons. The highest BCUT2D eigenvalue weighted by atomic mass is 19.3. The monoisotopic (exact) mass is 675 g/mol. The number of nitrogens with zero attached hydrogens (tertiary/aromatic N) is 6. The summed E-state index contributed by atoms with van der Waals surface area (Å²) < 4.78 is 30.4. The Bertz CT molecular complexity index is 1810. The number of hydrogen-bond donors (Lipinski definition) is 3. The minimum Gasteiger partial charge on any atom is -0.371 e. The molecule has 0 spiro atoms. The number of fused-ring (bicyclic) bond motifs is 2. The van der Waals surface area contributed by atoms with Gasteiger partial charge in [-0.25, -0.2) is 13.6 Å². The molecule has 0 unspecified atom stereocenters. The predicted molar refractivity (Wildman–Crippen MR) is 174 cm³/mol. The lowest BCUT2D eigenvalue weighted by molar-refractivity contribution is -0.137. The van der Waals surface area contributed by atoms with Crippen LogP contribution in [0, 0.1) is 17.3 Å². The van der Waals surface area contributed by atoms with Gasteiger partial charge in [0.2, 0.25) is 11.8 Å². The topological polar surface area (TPSA) is 149 Å². The third-order valence-corrected chi connectivity index (χ3v) is 11.4. The number of carbonyl (C=O) groups excluding carboxylic acids is 4. The Morgan fingerprint density at radius 3 is 2.41 bits per heavy atom. The van der Waals surface area contributed by atoms with Crippen molar-refractivity contribution in [1.29, 1.82) is 0 Å². The molecule has 2 aliphatic carbocycles. The van der Waals surface area contributed by atoms with Crippen LogP contribution < -0.4 is 20.4 Å². The number of anilines is 3. The van der Waals surface area contributed by atoms with Gasteiger partial charge >= 0.3 is 6.03 Å². The van der Waals surface area contributed by atoms with Crippen molar-refractivity contribution in [3.63, 3.8) is 0 Å². The fourth-order valence-electron chi connectivity index (χ4n) is 8.24. The first-order valence-corrected chi connectivity index (χ1v) is 17.1. The van der Waals surface area contributed by atoms with E-state index < -0.39 is 29.2 Å². The van der Waals surface area contributed by atoms with Gasteiger partial charge in [0.25, 0.3) is 11.8 Å². The molecule has 0 radical (unpaired) electrons. The number of benzene rings is 1. The number of nitrogens with one attached hydrogen (secondary N) is 3. The fraction of sp³-hybridized carbons (Fsp3) is 0.529. The molecule has 1 aromatic carbocycles. The van der Waals surface area contributed by atoms with E-state index >= 15 is 0 Å². The molecule has 5 aliphatic rings. The number of aromatic amines is 1. The Morgan fingerprint density at radius 2 is 1.69 bits per heavy atom. The number of aromatic nitrogens is 4. The van der Waals surface area contributed by atoms with Crippen LogP contribution in [0.2, 0.25) is 0 Å². The van der Waals surface area contributed by atoms with Crippen molar-refractivity contribution in [2.75, 3.05) is 47.8 Å². The van der Waals surface area contributed by atoms with Crippen LogP contribution in [-0.4, -0.2) is 87.3 Å². The maximum Gasteiger partial charge on any atom is 0.328 e. The van der Waals surface area contributed by atoms with Gasteiger partial charge < -0.3 is 15.1 Å². The van der Waals surface area contributed by atoms with E-state index in [-0.39, 0.29) is 48.7 Å². The second kappa shape index (κ2) is 11.7. The third-order valence-electron chi connectivity index (χ3n) is 11.4. The number of alkyl halides is 2. The molecule has 5 amide bonds. The molecule has 2 aromatic heterocycles. The summed E-state index contributed by atoms with van der Waals surface area (Å²) in [5.41, 5.74) is 2.57. The summed E-state index contributed by atoms with van der Waals surface area (Å²) in [7, 11) is 0. The molecule has 13 nitrogen and oxygen atoms in total. The quantitative estimate of drug-likeness (QED) is 0.361. The Labute approximate surface area is 281 Å². The first-order valence-electron chi connectivity index (χ1n) is 17.1. The van der Waals surface area contributed by atoms with Crippen molar-refractivity contribution < 1.29 is 28.0 Å². The number of likely N-dealkylation sites (tertiary alicyclic amines) is 1. The molecule has 3 aliphatic heterocycles. The molecule has 3 aromatic rings. The standard InChI is InChI=1S/C34H39F2N9O4/c1-33-17-26-25(16-27(33)34(33,35)36)29(41-40-26)30(47)38-21-18-37-45(19-21)24-8-13-43(14-9-24)31(48)20-6-11-42(12-7-20)22-2-4-23(5-3-22)44-15-10-28(46)39-32(44)49/h2-5,18-20,24,27H,6-17H2,1H3,(H,38,47)(H,40,41)(H,39,46,49)/t27-,33+/m0/s1. The normalized spacial score (nSPS) is 25.4. The van der Waals surface area contributed by atoms with Crippen molar-refractivity contribution in [3.05, 3.63) is 53.6 Å². The van der Waals surface area contributed by atoms with Crippen molar-refractivity contribution in [1.82, 2.24) is 30.2 Å². The number of H-pyrrole nitrogens is 1. The maximum absolute atomic E-state index is 14.3. The molecule has 1 saturated carbocycles. The van der Waals surface area contributed by atoms with Gasteiger partial charge in [0.1, 0.15) is 0 Å². The molecule has 3 N–H and O–H groups in total. The Morgan fingerprint density at radius 1 is 0.980 bits per heavy atom. The molecule has 8 rings (SSSR count). The Balaban J connectivity index is 0.803. The number of imide groups is 1. The molecule has 5 heterocycles. The summed E-state index contributed by atoms with van der Waals surface area (Å²) in [4.78, 5) is 55.9. The van der Waals surface area contributed by atoms with Crippen LogP contribution in [-0.2, 0) is 22.4 Å². The number of hydrogen-bond acceptors (Lipinski definition) is 7. The summed E-state index contributed by atoms with van der Waals surface area (Å²) in [6, 6.07) is 7.43. The molecule has 2 atom stereocenters. The van der Waals surface area contributed by atoms with Gasteiger partial charge in [-0.3, -0.25) is 34.4 Å². The highest BCUT2D eigenvalue weighted by Gasteiger charge is 2.78. The number of piperidine rings is 2. The van der Waals surface area contributed by atoms with Crippen LogP contribution in [0.25, 0.3) is 0 Å². The van der Waals surface area contributed by atoms with Gasteiger partial charge in [-0.05, 0) is 56.4 Å². The van der Waals surface area contributed by atoms with Crippen molar-refractivity contribution >= 4 is 40.8 Å². The van der Waals surface area contributed by atoms with E-state index in [1.54, 1.807) is 24.2 Å². The minimum absolute atomic E-state index is 0.0270. The Hall–Kier alpha value is -4.82. The van der Waals surface area contributed by atoms with E-state index in [1.165, 1.54) is 0 Å². The van der Waals surface area contributed by atoms with Crippen LogP contribution in [0.1, 0.15) is 66.8 Å². The van der Waals surface area contributed by atoms with Gasteiger partial charge in [-0.15, -0.1) is 0 Å². The lowest BCUT2D eigenvalue weighted by Gasteiger charge is -2.38. The molecular weight excluding hydrogens is 636 g/mol. The summed E-state index contributed by atoms with van der Waals surface area (Å²) in [5, 5.41) is 16.6. The van der Waals surface area contributed by atoms with E-state index in [2.05, 4.69) is 30.8 Å². The highest BCUT2D eigenvalue weighted by Crippen LogP contribution is 2.70. The van der Waals surface area contributed by atoms with E-state index in [1.807, 2.05) is 33.8 Å². The van der Waals surface area contributed by atoms with Gasteiger partial charge in [-0.1, -0.05) is 6.92 Å². The molecule has 49 heavy (non-hydrogen) atoms. The average molecular weight is 676 g/mol. The largest absolute Gasteiger partial charge is 0.371 e. The second-order valence-corrected chi connectivity index (χ2v) is 14.3. The van der Waals surface area contributed by atoms with Gasteiger partial charge in [0, 0.05) is 91.6 Å². The third kappa shape index (κ3) is 5.42. The van der Waals surface area contributed by atoms with E-state index in [0.29, 0.717) is 36.6 Å². The zero-order valence-corrected chi connectivity index (χ0v) is 27.3. The van der Waals surface area contributed by atoms with Crippen molar-refractivity contribution in [2.45, 2.75) is 63.8 Å². The second-order valence-electron chi connectivity index (χ2n) is 14.3. The van der Waals surface area contributed by atoms with E-state index in [0.717, 1.165) is 50.1 Å². The van der Waals surface area contributed by atoms with Gasteiger partial charge in [0.15, 0.2) is 5.69 Å². The lowest BCUT2D eigenvalue weighted by Crippen LogP contribution is -2.49. The zero-order valence-electron chi connectivity index (χ0n) is 27.3. The molecular formula is C34H39F2N9O4. The number of amides is 5. The summed E-state index contributed by atoms with van der Waals surface area (Å²) in [6.07, 6.45) is 6.97. The van der Waals surface area contributed by atoms with Gasteiger partial charge in [-0.2, -0.15) is 10.2 Å². The Kier molecular flexibility index (Phi) is 7.48. The van der Waals surface area contributed by atoms with Crippen LogP contribution in [0.4, 0.5) is 30.6 Å². The number of urea groups is 1. The first-order chi connectivity index (χ1) is 23.5. The zero-order chi connectivity index (χ0) is 34.1. The highest BCUT2D eigenvalue weighted by molar-refractivity contribution is 6.05. The van der Waals surface area contributed by atoms with E-state index in [4.69, 9.17) is 0 Å².